The maximum atomic E-state index is 12.7. The van der Waals surface area contributed by atoms with Crippen LogP contribution in [-0.4, -0.2) is 17.8 Å². The van der Waals surface area contributed by atoms with E-state index in [0.717, 1.165) is 16.9 Å². The third-order valence-electron chi connectivity index (χ3n) is 3.66. The molecule has 0 radical (unpaired) electrons. The largest absolute Gasteiger partial charge is 0.449 e. The van der Waals surface area contributed by atoms with Gasteiger partial charge in [0.05, 0.1) is 10.2 Å². The van der Waals surface area contributed by atoms with Gasteiger partial charge >= 0.3 is 6.03 Å². The summed E-state index contributed by atoms with van der Waals surface area (Å²) in [5.41, 5.74) is 1.28. The summed E-state index contributed by atoms with van der Waals surface area (Å²) < 4.78 is 6.45. The summed E-state index contributed by atoms with van der Waals surface area (Å²) in [6, 6.07) is 7.83. The van der Waals surface area contributed by atoms with E-state index in [-0.39, 0.29) is 5.57 Å². The van der Waals surface area contributed by atoms with Crippen LogP contribution >= 0.6 is 31.9 Å². The Kier molecular flexibility index (Phi) is 4.91. The quantitative estimate of drug-likeness (QED) is 0.545. The van der Waals surface area contributed by atoms with Crippen LogP contribution in [0.4, 0.5) is 10.5 Å². The lowest BCUT2D eigenvalue weighted by Gasteiger charge is -2.26. The number of aryl methyl sites for hydroxylation is 1. The first kappa shape index (κ1) is 17.6. The lowest BCUT2D eigenvalue weighted by molar-refractivity contribution is -0.122. The molecule has 0 unspecified atom stereocenters. The van der Waals surface area contributed by atoms with Crippen LogP contribution in [0, 0.1) is 0 Å². The van der Waals surface area contributed by atoms with E-state index in [9.17, 15) is 14.4 Å². The predicted molar refractivity (Wildman–Crippen MR) is 98.9 cm³/mol. The molecule has 4 amide bonds. The van der Waals surface area contributed by atoms with Gasteiger partial charge in [-0.2, -0.15) is 0 Å². The van der Waals surface area contributed by atoms with E-state index < -0.39 is 17.8 Å². The number of urea groups is 1. The van der Waals surface area contributed by atoms with Crippen molar-refractivity contribution in [2.75, 3.05) is 4.90 Å². The molecular weight excluding hydrogens is 456 g/mol. The number of carbonyl (C=O) groups excluding carboxylic acids is 3. The van der Waals surface area contributed by atoms with Crippen molar-refractivity contribution in [2.45, 2.75) is 13.3 Å². The molecule has 1 N–H and O–H groups in total. The number of anilines is 1. The monoisotopic (exact) mass is 466 g/mol. The average Bonchev–Trinajstić information content (AvgIpc) is 2.90. The third-order valence-corrected chi connectivity index (χ3v) is 5.37. The van der Waals surface area contributed by atoms with E-state index in [1.807, 2.05) is 19.1 Å². The average molecular weight is 468 g/mol. The van der Waals surface area contributed by atoms with Crippen LogP contribution in [0.2, 0.25) is 0 Å². The highest BCUT2D eigenvalue weighted by atomic mass is 79.9. The van der Waals surface area contributed by atoms with Gasteiger partial charge in [-0.25, -0.2) is 9.69 Å². The summed E-state index contributed by atoms with van der Waals surface area (Å²) in [6.45, 7) is 2.01. The SMILES string of the molecule is CCc1ccc(N2C(=O)NC(=O)/C(=C\c3cc(Br)c(Br)o3)C2=O)cc1. The fourth-order valence-corrected chi connectivity index (χ4v) is 2.96. The summed E-state index contributed by atoms with van der Waals surface area (Å²) in [6.07, 6.45) is 2.14. The second-order valence-electron chi connectivity index (χ2n) is 5.25. The van der Waals surface area contributed by atoms with Gasteiger partial charge in [-0.1, -0.05) is 19.1 Å². The number of imide groups is 2. The van der Waals surface area contributed by atoms with Crippen molar-refractivity contribution in [1.29, 1.82) is 0 Å². The van der Waals surface area contributed by atoms with Crippen LogP contribution in [0.15, 0.2) is 49.5 Å². The van der Waals surface area contributed by atoms with E-state index >= 15 is 0 Å². The van der Waals surface area contributed by atoms with Gasteiger partial charge in [-0.15, -0.1) is 0 Å². The molecule has 2 aromatic rings. The minimum absolute atomic E-state index is 0.187. The molecule has 1 aliphatic heterocycles. The molecule has 2 heterocycles. The second kappa shape index (κ2) is 6.97. The van der Waals surface area contributed by atoms with Crippen molar-refractivity contribution < 1.29 is 18.8 Å². The number of halogens is 2. The maximum absolute atomic E-state index is 12.7. The summed E-state index contributed by atoms with van der Waals surface area (Å²) in [5.74, 6) is -1.17. The molecule has 0 aliphatic carbocycles. The standard InChI is InChI=1S/C17H12Br2N2O4/c1-2-9-3-5-10(6-4-9)21-16(23)12(15(22)20-17(21)24)7-11-8-13(18)14(19)25-11/h3-8H,2H2,1H3,(H,20,22,24)/b12-7+. The first-order valence-corrected chi connectivity index (χ1v) is 8.94. The van der Waals surface area contributed by atoms with Crippen LogP contribution < -0.4 is 10.2 Å². The molecule has 1 fully saturated rings. The minimum Gasteiger partial charge on any atom is -0.449 e. The number of furan rings is 1. The second-order valence-corrected chi connectivity index (χ2v) is 6.82. The molecule has 1 saturated heterocycles. The Labute approximate surface area is 160 Å². The Hall–Kier alpha value is -2.19. The molecule has 128 valence electrons. The third kappa shape index (κ3) is 3.45. The highest BCUT2D eigenvalue weighted by Crippen LogP contribution is 2.29. The normalized spacial score (nSPS) is 16.5. The molecule has 1 aromatic heterocycles. The van der Waals surface area contributed by atoms with E-state index in [0.29, 0.717) is 20.6 Å². The number of hydrogen-bond acceptors (Lipinski definition) is 4. The summed E-state index contributed by atoms with van der Waals surface area (Å²) >= 11 is 6.45. The molecule has 3 rings (SSSR count). The lowest BCUT2D eigenvalue weighted by atomic mass is 10.1. The first-order chi connectivity index (χ1) is 11.9. The fourth-order valence-electron chi connectivity index (χ4n) is 2.35. The van der Waals surface area contributed by atoms with Gasteiger partial charge in [0.25, 0.3) is 11.8 Å². The maximum Gasteiger partial charge on any atom is 0.335 e. The number of benzene rings is 1. The molecule has 0 saturated carbocycles. The van der Waals surface area contributed by atoms with Gasteiger partial charge in [0.15, 0.2) is 4.67 Å². The molecule has 0 bridgehead atoms. The Balaban J connectivity index is 1.98. The van der Waals surface area contributed by atoms with E-state index in [4.69, 9.17) is 4.42 Å². The molecule has 1 aromatic carbocycles. The topological polar surface area (TPSA) is 79.6 Å². The van der Waals surface area contributed by atoms with Gasteiger partial charge in [-0.3, -0.25) is 14.9 Å². The number of rotatable bonds is 3. The van der Waals surface area contributed by atoms with Gasteiger partial charge < -0.3 is 4.42 Å². The molecule has 25 heavy (non-hydrogen) atoms. The molecule has 6 nitrogen and oxygen atoms in total. The van der Waals surface area contributed by atoms with E-state index in [1.165, 1.54) is 6.08 Å². The van der Waals surface area contributed by atoms with Crippen LogP contribution in [0.1, 0.15) is 18.2 Å². The lowest BCUT2D eigenvalue weighted by Crippen LogP contribution is -2.54. The van der Waals surface area contributed by atoms with Crippen molar-refractivity contribution >= 4 is 61.5 Å². The summed E-state index contributed by atoms with van der Waals surface area (Å²) in [4.78, 5) is 37.8. The zero-order chi connectivity index (χ0) is 18.1. The van der Waals surface area contributed by atoms with Crippen molar-refractivity contribution in [2.24, 2.45) is 0 Å². The molecule has 0 spiro atoms. The van der Waals surface area contributed by atoms with E-state index in [2.05, 4.69) is 37.2 Å². The highest BCUT2D eigenvalue weighted by Gasteiger charge is 2.37. The van der Waals surface area contributed by atoms with Crippen molar-refractivity contribution in [3.05, 3.63) is 56.4 Å². The predicted octanol–water partition coefficient (Wildman–Crippen LogP) is 4.03. The summed E-state index contributed by atoms with van der Waals surface area (Å²) in [5, 5.41) is 2.17. The van der Waals surface area contributed by atoms with Crippen molar-refractivity contribution in [3.63, 3.8) is 0 Å². The number of nitrogens with zero attached hydrogens (tertiary/aromatic N) is 1. The molecule has 8 heteroatoms. The Bertz CT molecular complexity index is 880. The highest BCUT2D eigenvalue weighted by molar-refractivity contribution is 9.13. The van der Waals surface area contributed by atoms with E-state index in [1.54, 1.807) is 18.2 Å². The number of barbiturate groups is 1. The van der Waals surface area contributed by atoms with Gasteiger partial charge in [0.1, 0.15) is 11.3 Å². The van der Waals surface area contributed by atoms with Crippen LogP contribution in [0.5, 0.6) is 0 Å². The molecule has 1 aliphatic rings. The van der Waals surface area contributed by atoms with Gasteiger partial charge in [0.2, 0.25) is 0 Å². The zero-order valence-corrected chi connectivity index (χ0v) is 16.2. The number of amides is 4. The van der Waals surface area contributed by atoms with Gasteiger partial charge in [-0.05, 0) is 68.1 Å². The van der Waals surface area contributed by atoms with Crippen LogP contribution in [0.3, 0.4) is 0 Å². The number of hydrogen-bond donors (Lipinski definition) is 1. The zero-order valence-electron chi connectivity index (χ0n) is 13.0. The summed E-state index contributed by atoms with van der Waals surface area (Å²) in [7, 11) is 0. The number of nitrogens with one attached hydrogen (secondary N) is 1. The van der Waals surface area contributed by atoms with Gasteiger partial charge in [0, 0.05) is 0 Å². The number of carbonyl (C=O) groups is 3. The Morgan fingerprint density at radius 3 is 2.40 bits per heavy atom. The molecular formula is C17H12Br2N2O4. The fraction of sp³-hybridized carbons (Fsp3) is 0.118. The smallest absolute Gasteiger partial charge is 0.335 e. The minimum atomic E-state index is -0.779. The Morgan fingerprint density at radius 1 is 1.16 bits per heavy atom. The van der Waals surface area contributed by atoms with Crippen molar-refractivity contribution in [1.82, 2.24) is 5.32 Å². The first-order valence-electron chi connectivity index (χ1n) is 7.36. The molecule has 0 atom stereocenters. The van der Waals surface area contributed by atoms with Crippen molar-refractivity contribution in [3.8, 4) is 0 Å². The Morgan fingerprint density at radius 2 is 1.84 bits per heavy atom. The van der Waals surface area contributed by atoms with Crippen LogP contribution in [-0.2, 0) is 16.0 Å². The van der Waals surface area contributed by atoms with Crippen LogP contribution in [0.25, 0.3) is 6.08 Å².